The Labute approximate surface area is 161 Å². The number of hydrogen-bond acceptors (Lipinski definition) is 5. The van der Waals surface area contributed by atoms with Crippen molar-refractivity contribution in [2.45, 2.75) is 32.6 Å². The van der Waals surface area contributed by atoms with Crippen molar-refractivity contribution >= 4 is 39.1 Å². The second-order valence-corrected chi connectivity index (χ2v) is 7.79. The summed E-state index contributed by atoms with van der Waals surface area (Å²) in [6.07, 6.45) is 2.30. The first-order valence-electron chi connectivity index (χ1n) is 8.89. The molecule has 138 valence electrons. The second-order valence-electron chi connectivity index (χ2n) is 6.79. The number of aryl methyl sites for hydroxylation is 2. The average Bonchev–Trinajstić information content (AvgIpc) is 3.45. The van der Waals surface area contributed by atoms with Gasteiger partial charge in [-0.15, -0.1) is 11.3 Å². The molecule has 1 aliphatic carbocycles. The van der Waals surface area contributed by atoms with Gasteiger partial charge in [-0.1, -0.05) is 0 Å². The Morgan fingerprint density at radius 2 is 1.78 bits per heavy atom. The van der Waals surface area contributed by atoms with E-state index in [9.17, 15) is 9.59 Å². The smallest absolute Gasteiger partial charge is 0.266 e. The Morgan fingerprint density at radius 3 is 2.41 bits per heavy atom. The van der Waals surface area contributed by atoms with E-state index in [4.69, 9.17) is 4.98 Å². The van der Waals surface area contributed by atoms with E-state index >= 15 is 0 Å². The topological polar surface area (TPSA) is 84.0 Å². The number of benzene rings is 1. The van der Waals surface area contributed by atoms with Crippen molar-refractivity contribution in [1.82, 2.24) is 15.3 Å². The van der Waals surface area contributed by atoms with Gasteiger partial charge < -0.3 is 10.6 Å². The van der Waals surface area contributed by atoms with Gasteiger partial charge in [-0.05, 0) is 56.5 Å². The van der Waals surface area contributed by atoms with E-state index in [2.05, 4.69) is 15.6 Å². The standard InChI is InChI=1S/C20H20N4O2S/c1-10-15-11(2)22-17(12-4-5-12)24-20(15)27-16(10)19(26)23-14-8-6-13(7-9-14)18(25)21-3/h6-9,12H,4-5H2,1-3H3,(H,21,25)(H,23,26). The third-order valence-electron chi connectivity index (χ3n) is 4.77. The lowest BCUT2D eigenvalue weighted by molar-refractivity contribution is 0.0962. The van der Waals surface area contributed by atoms with Crippen LogP contribution in [0.25, 0.3) is 10.2 Å². The Hall–Kier alpha value is -2.80. The molecule has 2 heterocycles. The van der Waals surface area contributed by atoms with Gasteiger partial charge in [0.1, 0.15) is 10.7 Å². The van der Waals surface area contributed by atoms with Crippen LogP contribution in [0.1, 0.15) is 55.9 Å². The van der Waals surface area contributed by atoms with Crippen LogP contribution >= 0.6 is 11.3 Å². The number of nitrogens with zero attached hydrogens (tertiary/aromatic N) is 2. The Balaban J connectivity index is 1.61. The summed E-state index contributed by atoms with van der Waals surface area (Å²) in [5, 5.41) is 6.46. The van der Waals surface area contributed by atoms with Gasteiger partial charge in [0.25, 0.3) is 11.8 Å². The highest BCUT2D eigenvalue weighted by atomic mass is 32.1. The van der Waals surface area contributed by atoms with Gasteiger partial charge in [0.2, 0.25) is 0 Å². The van der Waals surface area contributed by atoms with Gasteiger partial charge >= 0.3 is 0 Å². The average molecular weight is 380 g/mol. The van der Waals surface area contributed by atoms with Crippen LogP contribution in [-0.2, 0) is 0 Å². The normalized spacial score (nSPS) is 13.6. The number of fused-ring (bicyclic) bond motifs is 1. The summed E-state index contributed by atoms with van der Waals surface area (Å²) in [7, 11) is 1.59. The van der Waals surface area contributed by atoms with E-state index in [0.29, 0.717) is 22.0 Å². The van der Waals surface area contributed by atoms with Gasteiger partial charge in [0, 0.05) is 29.6 Å². The third kappa shape index (κ3) is 3.30. The van der Waals surface area contributed by atoms with Crippen LogP contribution in [0.3, 0.4) is 0 Å². The second kappa shape index (κ2) is 6.74. The number of carbonyl (C=O) groups excluding carboxylic acids is 2. The molecule has 0 atom stereocenters. The molecular weight excluding hydrogens is 360 g/mol. The molecule has 2 aromatic heterocycles. The Morgan fingerprint density at radius 1 is 1.07 bits per heavy atom. The molecule has 0 saturated heterocycles. The van der Waals surface area contributed by atoms with E-state index in [-0.39, 0.29) is 11.8 Å². The lowest BCUT2D eigenvalue weighted by Crippen LogP contribution is -2.17. The van der Waals surface area contributed by atoms with Gasteiger partial charge in [0.05, 0.1) is 10.6 Å². The molecule has 1 saturated carbocycles. The molecule has 1 fully saturated rings. The Kier molecular flexibility index (Phi) is 4.39. The minimum atomic E-state index is -0.171. The summed E-state index contributed by atoms with van der Waals surface area (Å²) in [5.74, 6) is 1.05. The fourth-order valence-corrected chi connectivity index (χ4v) is 4.27. The van der Waals surface area contributed by atoms with E-state index in [0.717, 1.165) is 40.1 Å². The largest absolute Gasteiger partial charge is 0.355 e. The first-order valence-corrected chi connectivity index (χ1v) is 9.70. The van der Waals surface area contributed by atoms with Crippen molar-refractivity contribution < 1.29 is 9.59 Å². The van der Waals surface area contributed by atoms with E-state index in [1.54, 1.807) is 31.3 Å². The number of rotatable bonds is 4. The fourth-order valence-electron chi connectivity index (χ4n) is 3.14. The number of carbonyl (C=O) groups is 2. The van der Waals surface area contributed by atoms with Crippen LogP contribution in [0.15, 0.2) is 24.3 Å². The monoisotopic (exact) mass is 380 g/mol. The van der Waals surface area contributed by atoms with Crippen LogP contribution in [0.5, 0.6) is 0 Å². The van der Waals surface area contributed by atoms with E-state index in [1.165, 1.54) is 11.3 Å². The highest BCUT2D eigenvalue weighted by molar-refractivity contribution is 7.20. The number of nitrogens with one attached hydrogen (secondary N) is 2. The molecule has 0 unspecified atom stereocenters. The fraction of sp³-hybridized carbons (Fsp3) is 0.300. The summed E-state index contributed by atoms with van der Waals surface area (Å²) < 4.78 is 0. The molecule has 0 bridgehead atoms. The minimum absolute atomic E-state index is 0.159. The molecule has 1 aliphatic rings. The lowest BCUT2D eigenvalue weighted by atomic mass is 10.1. The van der Waals surface area contributed by atoms with Crippen LogP contribution in [-0.4, -0.2) is 28.8 Å². The maximum atomic E-state index is 12.8. The number of anilines is 1. The van der Waals surface area contributed by atoms with Crippen molar-refractivity contribution in [3.63, 3.8) is 0 Å². The number of thiophene rings is 1. The summed E-state index contributed by atoms with van der Waals surface area (Å²) in [6, 6.07) is 6.82. The zero-order valence-electron chi connectivity index (χ0n) is 15.4. The zero-order valence-corrected chi connectivity index (χ0v) is 16.2. The van der Waals surface area contributed by atoms with Gasteiger partial charge in [0.15, 0.2) is 0 Å². The highest BCUT2D eigenvalue weighted by Gasteiger charge is 2.28. The quantitative estimate of drug-likeness (QED) is 0.721. The van der Waals surface area contributed by atoms with Crippen LogP contribution in [0.4, 0.5) is 5.69 Å². The molecule has 4 rings (SSSR count). The predicted molar refractivity (Wildman–Crippen MR) is 107 cm³/mol. The van der Waals surface area contributed by atoms with Gasteiger partial charge in [-0.25, -0.2) is 9.97 Å². The summed E-state index contributed by atoms with van der Waals surface area (Å²) in [6.45, 7) is 3.92. The molecule has 27 heavy (non-hydrogen) atoms. The molecule has 3 aromatic rings. The number of hydrogen-bond donors (Lipinski definition) is 2. The molecule has 0 spiro atoms. The molecular formula is C20H20N4O2S. The number of aromatic nitrogens is 2. The molecule has 7 heteroatoms. The summed E-state index contributed by atoms with van der Waals surface area (Å²) >= 11 is 1.41. The first-order chi connectivity index (χ1) is 13.0. The van der Waals surface area contributed by atoms with Crippen LogP contribution in [0.2, 0.25) is 0 Å². The van der Waals surface area contributed by atoms with Gasteiger partial charge in [-0.2, -0.15) is 0 Å². The molecule has 2 amide bonds. The maximum Gasteiger partial charge on any atom is 0.266 e. The molecule has 6 nitrogen and oxygen atoms in total. The molecule has 0 aliphatic heterocycles. The Bertz CT molecular complexity index is 1050. The SMILES string of the molecule is CNC(=O)c1ccc(NC(=O)c2sc3nc(C4CC4)nc(C)c3c2C)cc1. The van der Waals surface area contributed by atoms with Crippen molar-refractivity contribution in [2.24, 2.45) is 0 Å². The predicted octanol–water partition coefficient (Wildman–Crippen LogP) is 3.80. The molecule has 0 radical (unpaired) electrons. The van der Waals surface area contributed by atoms with Crippen LogP contribution < -0.4 is 10.6 Å². The third-order valence-corrected chi connectivity index (χ3v) is 5.95. The zero-order chi connectivity index (χ0) is 19.1. The van der Waals surface area contributed by atoms with Crippen molar-refractivity contribution in [2.75, 3.05) is 12.4 Å². The highest BCUT2D eigenvalue weighted by Crippen LogP contribution is 2.40. The summed E-state index contributed by atoms with van der Waals surface area (Å²) in [4.78, 5) is 35.3. The lowest BCUT2D eigenvalue weighted by Gasteiger charge is -2.06. The van der Waals surface area contributed by atoms with E-state index < -0.39 is 0 Å². The van der Waals surface area contributed by atoms with Crippen LogP contribution in [0, 0.1) is 13.8 Å². The van der Waals surface area contributed by atoms with Gasteiger partial charge in [-0.3, -0.25) is 9.59 Å². The maximum absolute atomic E-state index is 12.8. The molecule has 2 N–H and O–H groups in total. The first kappa shape index (κ1) is 17.6. The minimum Gasteiger partial charge on any atom is -0.355 e. The number of amides is 2. The molecule has 1 aromatic carbocycles. The van der Waals surface area contributed by atoms with E-state index in [1.807, 2.05) is 13.8 Å². The van der Waals surface area contributed by atoms with Crippen molar-refractivity contribution in [1.29, 1.82) is 0 Å². The van der Waals surface area contributed by atoms with Crippen molar-refractivity contribution in [3.05, 3.63) is 51.8 Å². The van der Waals surface area contributed by atoms with Crippen molar-refractivity contribution in [3.8, 4) is 0 Å². The summed E-state index contributed by atoms with van der Waals surface area (Å²) in [5.41, 5.74) is 3.04.